The molecule has 0 amide bonds. The average molecular weight is 413 g/mol. The van der Waals surface area contributed by atoms with Gasteiger partial charge in [-0.05, 0) is 56.9 Å². The zero-order chi connectivity index (χ0) is 20.6. The molecule has 154 valence electrons. The molecule has 0 bridgehead atoms. The highest BCUT2D eigenvalue weighted by Crippen LogP contribution is 2.29. The Balaban J connectivity index is 1.80. The number of methoxy groups -OCH3 is 1. The number of para-hydroxylation sites is 1. The molecule has 3 aromatic rings. The van der Waals surface area contributed by atoms with Crippen LogP contribution in [-0.2, 0) is 0 Å². The van der Waals surface area contributed by atoms with E-state index < -0.39 is 0 Å². The van der Waals surface area contributed by atoms with Crippen molar-refractivity contribution in [1.29, 1.82) is 0 Å². The predicted octanol–water partition coefficient (Wildman–Crippen LogP) is 4.46. The van der Waals surface area contributed by atoms with Gasteiger partial charge in [-0.3, -0.25) is 9.47 Å². The number of hydrogen-bond acceptors (Lipinski definition) is 6. The van der Waals surface area contributed by atoms with Crippen molar-refractivity contribution in [2.75, 3.05) is 33.6 Å². The lowest BCUT2D eigenvalue weighted by Crippen LogP contribution is -2.22. The summed E-state index contributed by atoms with van der Waals surface area (Å²) >= 11 is 1.65. The zero-order valence-electron chi connectivity index (χ0n) is 17.4. The molecule has 1 heterocycles. The molecule has 0 N–H and O–H groups in total. The van der Waals surface area contributed by atoms with Crippen LogP contribution < -0.4 is 9.47 Å². The number of rotatable bonds is 10. The quantitative estimate of drug-likeness (QED) is 0.362. The third-order valence-electron chi connectivity index (χ3n) is 4.62. The summed E-state index contributed by atoms with van der Waals surface area (Å²) in [4.78, 5) is 2.18. The number of hydrogen-bond donors (Lipinski definition) is 0. The van der Waals surface area contributed by atoms with Gasteiger partial charge in [-0.1, -0.05) is 36.9 Å². The highest BCUT2D eigenvalue weighted by atomic mass is 32.2. The Morgan fingerprint density at radius 1 is 1.00 bits per heavy atom. The molecule has 0 aliphatic carbocycles. The lowest BCUT2D eigenvalue weighted by molar-refractivity contribution is 0.276. The molecule has 0 fully saturated rings. The Kier molecular flexibility index (Phi) is 7.55. The van der Waals surface area contributed by atoms with Crippen LogP contribution in [0.2, 0.25) is 0 Å². The smallest absolute Gasteiger partial charge is 0.196 e. The first-order chi connectivity index (χ1) is 14.1. The van der Waals surface area contributed by atoms with Gasteiger partial charge >= 0.3 is 0 Å². The first-order valence-electron chi connectivity index (χ1n) is 9.70. The van der Waals surface area contributed by atoms with Crippen molar-refractivity contribution in [3.8, 4) is 17.2 Å². The molecular formula is C22H28N4O2S. The minimum Gasteiger partial charge on any atom is -0.497 e. The molecule has 0 aliphatic heterocycles. The number of benzene rings is 2. The second-order valence-electron chi connectivity index (χ2n) is 6.77. The molecule has 29 heavy (non-hydrogen) atoms. The van der Waals surface area contributed by atoms with E-state index in [2.05, 4.69) is 40.7 Å². The second kappa shape index (κ2) is 10.3. The van der Waals surface area contributed by atoms with Crippen LogP contribution in [0.4, 0.5) is 0 Å². The fourth-order valence-corrected chi connectivity index (χ4v) is 3.93. The van der Waals surface area contributed by atoms with Crippen LogP contribution >= 0.6 is 11.8 Å². The van der Waals surface area contributed by atoms with Crippen molar-refractivity contribution in [3.63, 3.8) is 0 Å². The van der Waals surface area contributed by atoms with E-state index in [4.69, 9.17) is 9.47 Å². The summed E-state index contributed by atoms with van der Waals surface area (Å²) < 4.78 is 13.3. The summed E-state index contributed by atoms with van der Waals surface area (Å²) in [7, 11) is 5.82. The van der Waals surface area contributed by atoms with E-state index in [1.54, 1.807) is 18.9 Å². The molecule has 6 nitrogen and oxygen atoms in total. The van der Waals surface area contributed by atoms with Crippen molar-refractivity contribution in [3.05, 3.63) is 60.4 Å². The molecule has 0 saturated heterocycles. The highest BCUT2D eigenvalue weighted by Gasteiger charge is 2.23. The Morgan fingerprint density at radius 2 is 1.72 bits per heavy atom. The van der Waals surface area contributed by atoms with Gasteiger partial charge in [-0.2, -0.15) is 0 Å². The van der Waals surface area contributed by atoms with Crippen LogP contribution in [0.1, 0.15) is 25.2 Å². The van der Waals surface area contributed by atoms with Gasteiger partial charge in [0.2, 0.25) is 0 Å². The fraction of sp³-hybridized carbons (Fsp3) is 0.364. The maximum absolute atomic E-state index is 5.81. The molecule has 1 aromatic heterocycles. The van der Waals surface area contributed by atoms with E-state index in [0.717, 1.165) is 40.3 Å². The van der Waals surface area contributed by atoms with Crippen molar-refractivity contribution < 1.29 is 9.47 Å². The maximum atomic E-state index is 5.81. The Bertz CT molecular complexity index is 882. The predicted molar refractivity (Wildman–Crippen MR) is 117 cm³/mol. The monoisotopic (exact) mass is 412 g/mol. The van der Waals surface area contributed by atoms with Crippen LogP contribution in [0, 0.1) is 0 Å². The normalized spacial score (nSPS) is 12.2. The van der Waals surface area contributed by atoms with Crippen LogP contribution in [0.15, 0.2) is 59.8 Å². The lowest BCUT2D eigenvalue weighted by atomic mass is 10.2. The van der Waals surface area contributed by atoms with Crippen molar-refractivity contribution in [1.82, 2.24) is 19.7 Å². The molecule has 7 heteroatoms. The fourth-order valence-electron chi connectivity index (χ4n) is 3.15. The Labute approximate surface area is 176 Å². The molecular weight excluding hydrogens is 384 g/mol. The first kappa shape index (κ1) is 21.2. The highest BCUT2D eigenvalue weighted by molar-refractivity contribution is 7.99. The van der Waals surface area contributed by atoms with Gasteiger partial charge in [0.15, 0.2) is 11.0 Å². The van der Waals surface area contributed by atoms with E-state index >= 15 is 0 Å². The van der Waals surface area contributed by atoms with E-state index in [9.17, 15) is 0 Å². The van der Waals surface area contributed by atoms with Gasteiger partial charge in [0.25, 0.3) is 0 Å². The van der Waals surface area contributed by atoms with Crippen molar-refractivity contribution in [2.45, 2.75) is 24.5 Å². The lowest BCUT2D eigenvalue weighted by Gasteiger charge is -2.23. The van der Waals surface area contributed by atoms with Gasteiger partial charge < -0.3 is 9.47 Å². The van der Waals surface area contributed by atoms with Gasteiger partial charge in [-0.15, -0.1) is 10.2 Å². The summed E-state index contributed by atoms with van der Waals surface area (Å²) in [6.07, 6.45) is 0.947. The molecule has 0 saturated carbocycles. The average Bonchev–Trinajstić information content (AvgIpc) is 3.15. The van der Waals surface area contributed by atoms with E-state index in [1.807, 2.05) is 54.6 Å². The molecule has 2 aromatic carbocycles. The maximum Gasteiger partial charge on any atom is 0.196 e. The SMILES string of the molecule is CCC(c1nnc(SCCOc2ccccc2)n1-c1ccc(OC)cc1)N(C)C. The zero-order valence-corrected chi connectivity index (χ0v) is 18.2. The summed E-state index contributed by atoms with van der Waals surface area (Å²) in [5.74, 6) is 3.42. The number of nitrogens with zero attached hydrogens (tertiary/aromatic N) is 4. The summed E-state index contributed by atoms with van der Waals surface area (Å²) in [6.45, 7) is 2.77. The summed E-state index contributed by atoms with van der Waals surface area (Å²) in [5.41, 5.74) is 1.03. The van der Waals surface area contributed by atoms with Crippen molar-refractivity contribution >= 4 is 11.8 Å². The van der Waals surface area contributed by atoms with Gasteiger partial charge in [0.1, 0.15) is 11.5 Å². The largest absolute Gasteiger partial charge is 0.497 e. The Morgan fingerprint density at radius 3 is 2.34 bits per heavy atom. The molecule has 0 radical (unpaired) electrons. The van der Waals surface area contributed by atoms with Gasteiger partial charge in [-0.25, -0.2) is 0 Å². The molecule has 0 aliphatic rings. The molecule has 0 spiro atoms. The van der Waals surface area contributed by atoms with Gasteiger partial charge in [0, 0.05) is 11.4 Å². The van der Waals surface area contributed by atoms with Crippen LogP contribution in [0.5, 0.6) is 11.5 Å². The molecule has 1 unspecified atom stereocenters. The first-order valence-corrected chi connectivity index (χ1v) is 10.7. The number of aromatic nitrogens is 3. The van der Waals surface area contributed by atoms with E-state index in [0.29, 0.717) is 6.61 Å². The standard InChI is InChI=1S/C22H28N4O2S/c1-5-20(25(2)3)21-23-24-22(26(21)17-11-13-18(27-4)14-12-17)29-16-15-28-19-9-7-6-8-10-19/h6-14,20H,5,15-16H2,1-4H3. The topological polar surface area (TPSA) is 52.4 Å². The van der Waals surface area contributed by atoms with Crippen molar-refractivity contribution in [2.24, 2.45) is 0 Å². The molecule has 3 rings (SSSR count). The number of ether oxygens (including phenoxy) is 2. The van der Waals surface area contributed by atoms with Crippen LogP contribution in [-0.4, -0.2) is 53.2 Å². The third kappa shape index (κ3) is 5.31. The molecule has 1 atom stereocenters. The summed E-state index contributed by atoms with van der Waals surface area (Å²) in [5, 5.41) is 9.90. The minimum atomic E-state index is 0.180. The van der Waals surface area contributed by atoms with E-state index in [-0.39, 0.29) is 6.04 Å². The Hall–Kier alpha value is -2.51. The minimum absolute atomic E-state index is 0.180. The summed E-state index contributed by atoms with van der Waals surface area (Å²) in [6, 6.07) is 18.0. The van der Waals surface area contributed by atoms with Crippen LogP contribution in [0.3, 0.4) is 0 Å². The van der Waals surface area contributed by atoms with Crippen LogP contribution in [0.25, 0.3) is 5.69 Å². The van der Waals surface area contributed by atoms with Gasteiger partial charge in [0.05, 0.1) is 19.8 Å². The number of thioether (sulfide) groups is 1. The van der Waals surface area contributed by atoms with E-state index in [1.165, 1.54) is 0 Å². The second-order valence-corrected chi connectivity index (χ2v) is 7.83. The third-order valence-corrected chi connectivity index (χ3v) is 5.52.